The second kappa shape index (κ2) is 4.73. The molecule has 0 saturated carbocycles. The van der Waals surface area contributed by atoms with Gasteiger partial charge in [0.15, 0.2) is 6.29 Å². The second-order valence-electron chi connectivity index (χ2n) is 1.93. The number of methoxy groups -OCH3 is 1. The molecule has 0 aliphatic carbocycles. The molecule has 0 spiro atoms. The van der Waals surface area contributed by atoms with Crippen LogP contribution < -0.4 is 5.32 Å². The summed E-state index contributed by atoms with van der Waals surface area (Å²) in [4.78, 5) is 0. The van der Waals surface area contributed by atoms with E-state index in [4.69, 9.17) is 5.11 Å². The molecular weight excluding hydrogens is 118 g/mol. The zero-order chi connectivity index (χ0) is 7.28. The van der Waals surface area contributed by atoms with Crippen molar-refractivity contribution < 1.29 is 9.84 Å². The highest BCUT2D eigenvalue weighted by Gasteiger charge is 2.12. The van der Waals surface area contributed by atoms with Gasteiger partial charge in [0.25, 0.3) is 0 Å². The van der Waals surface area contributed by atoms with E-state index in [0.29, 0.717) is 0 Å². The third kappa shape index (κ3) is 2.79. The Morgan fingerprint density at radius 1 is 1.67 bits per heavy atom. The molecule has 0 unspecified atom stereocenters. The van der Waals surface area contributed by atoms with Crippen molar-refractivity contribution in [3.05, 3.63) is 0 Å². The van der Waals surface area contributed by atoms with Crippen LogP contribution in [0.2, 0.25) is 0 Å². The minimum Gasteiger partial charge on any atom is -0.367 e. The lowest BCUT2D eigenvalue weighted by Crippen LogP contribution is -2.37. The summed E-state index contributed by atoms with van der Waals surface area (Å²) in [5, 5.41) is 12.0. The van der Waals surface area contributed by atoms with Crippen LogP contribution in [-0.4, -0.2) is 31.6 Å². The van der Waals surface area contributed by atoms with E-state index in [2.05, 4.69) is 10.1 Å². The molecule has 0 fully saturated rings. The fourth-order valence-corrected chi connectivity index (χ4v) is 0.713. The summed E-state index contributed by atoms with van der Waals surface area (Å²) in [5.41, 5.74) is 0. The van der Waals surface area contributed by atoms with Crippen LogP contribution >= 0.6 is 0 Å². The number of nitrogens with one attached hydrogen (secondary N) is 1. The summed E-state index contributed by atoms with van der Waals surface area (Å²) in [5.74, 6) is 0. The van der Waals surface area contributed by atoms with Crippen molar-refractivity contribution in [2.24, 2.45) is 0 Å². The third-order valence-electron chi connectivity index (χ3n) is 1.40. The van der Waals surface area contributed by atoms with Crippen molar-refractivity contribution in [1.29, 1.82) is 0 Å². The van der Waals surface area contributed by atoms with Crippen LogP contribution in [0.4, 0.5) is 0 Å². The van der Waals surface area contributed by atoms with Gasteiger partial charge in [0.1, 0.15) is 0 Å². The SMILES string of the molecule is CC[C@H](NC)[C@H](O)OC. The van der Waals surface area contributed by atoms with Gasteiger partial charge in [-0.1, -0.05) is 6.92 Å². The monoisotopic (exact) mass is 133 g/mol. The number of hydrogen-bond acceptors (Lipinski definition) is 3. The third-order valence-corrected chi connectivity index (χ3v) is 1.40. The van der Waals surface area contributed by atoms with Gasteiger partial charge in [0.05, 0.1) is 6.04 Å². The van der Waals surface area contributed by atoms with Crippen molar-refractivity contribution in [1.82, 2.24) is 5.32 Å². The maximum atomic E-state index is 9.03. The zero-order valence-electron chi connectivity index (χ0n) is 6.22. The molecule has 0 bridgehead atoms. The highest BCUT2D eigenvalue weighted by atomic mass is 16.6. The van der Waals surface area contributed by atoms with Gasteiger partial charge in [-0.2, -0.15) is 0 Å². The summed E-state index contributed by atoms with van der Waals surface area (Å²) >= 11 is 0. The number of aliphatic hydroxyl groups is 1. The van der Waals surface area contributed by atoms with Crippen molar-refractivity contribution in [2.75, 3.05) is 14.2 Å². The van der Waals surface area contributed by atoms with Gasteiger partial charge >= 0.3 is 0 Å². The van der Waals surface area contributed by atoms with Crippen LogP contribution in [0.3, 0.4) is 0 Å². The fraction of sp³-hybridized carbons (Fsp3) is 1.00. The molecule has 0 amide bonds. The summed E-state index contributed by atoms with van der Waals surface area (Å²) in [6, 6.07) is 0.0509. The number of aliphatic hydroxyl groups excluding tert-OH is 1. The van der Waals surface area contributed by atoms with E-state index in [1.165, 1.54) is 7.11 Å². The van der Waals surface area contributed by atoms with Gasteiger partial charge in [-0.3, -0.25) is 0 Å². The Hall–Kier alpha value is -0.120. The molecule has 2 N–H and O–H groups in total. The van der Waals surface area contributed by atoms with Gasteiger partial charge in [0.2, 0.25) is 0 Å². The van der Waals surface area contributed by atoms with E-state index in [9.17, 15) is 0 Å². The van der Waals surface area contributed by atoms with Crippen LogP contribution in [0.5, 0.6) is 0 Å². The van der Waals surface area contributed by atoms with Gasteiger partial charge < -0.3 is 15.2 Å². The Morgan fingerprint density at radius 3 is 2.33 bits per heavy atom. The van der Waals surface area contributed by atoms with E-state index >= 15 is 0 Å². The highest BCUT2D eigenvalue weighted by Crippen LogP contribution is 1.96. The van der Waals surface area contributed by atoms with E-state index < -0.39 is 6.29 Å². The molecule has 0 aliphatic rings. The van der Waals surface area contributed by atoms with Crippen molar-refractivity contribution in [3.8, 4) is 0 Å². The fourth-order valence-electron chi connectivity index (χ4n) is 0.713. The number of rotatable bonds is 4. The number of hydrogen-bond donors (Lipinski definition) is 2. The quantitative estimate of drug-likeness (QED) is 0.528. The van der Waals surface area contributed by atoms with E-state index in [-0.39, 0.29) is 6.04 Å². The Morgan fingerprint density at radius 2 is 2.22 bits per heavy atom. The molecule has 9 heavy (non-hydrogen) atoms. The lowest BCUT2D eigenvalue weighted by atomic mass is 10.2. The van der Waals surface area contributed by atoms with Crippen LogP contribution in [0, 0.1) is 0 Å². The lowest BCUT2D eigenvalue weighted by molar-refractivity contribution is -0.0960. The first-order valence-corrected chi connectivity index (χ1v) is 3.14. The average molecular weight is 133 g/mol. The minimum absolute atomic E-state index is 0.0509. The summed E-state index contributed by atoms with van der Waals surface area (Å²) < 4.78 is 4.69. The van der Waals surface area contributed by atoms with Crippen molar-refractivity contribution in [3.63, 3.8) is 0 Å². The van der Waals surface area contributed by atoms with Crippen LogP contribution in [0.15, 0.2) is 0 Å². The number of ether oxygens (including phenoxy) is 1. The topological polar surface area (TPSA) is 41.5 Å². The molecule has 0 aromatic rings. The van der Waals surface area contributed by atoms with Gasteiger partial charge in [-0.25, -0.2) is 0 Å². The van der Waals surface area contributed by atoms with Crippen LogP contribution in [0.1, 0.15) is 13.3 Å². The van der Waals surface area contributed by atoms with Crippen molar-refractivity contribution >= 4 is 0 Å². The zero-order valence-corrected chi connectivity index (χ0v) is 6.22. The van der Waals surface area contributed by atoms with E-state index in [0.717, 1.165) is 6.42 Å². The predicted octanol–water partition coefficient (Wildman–Crippen LogP) is -0.0508. The van der Waals surface area contributed by atoms with Gasteiger partial charge in [-0.15, -0.1) is 0 Å². The Kier molecular flexibility index (Phi) is 4.67. The molecule has 0 saturated heterocycles. The maximum Gasteiger partial charge on any atom is 0.169 e. The molecule has 0 aromatic heterocycles. The molecule has 0 rings (SSSR count). The molecule has 56 valence electrons. The summed E-state index contributed by atoms with van der Waals surface area (Å²) in [6.45, 7) is 1.99. The van der Waals surface area contributed by atoms with Gasteiger partial charge in [-0.05, 0) is 13.5 Å². The van der Waals surface area contributed by atoms with Crippen LogP contribution in [0.25, 0.3) is 0 Å². The van der Waals surface area contributed by atoms with Crippen LogP contribution in [-0.2, 0) is 4.74 Å². The number of likely N-dealkylation sites (N-methyl/N-ethyl adjacent to an activating group) is 1. The first-order valence-electron chi connectivity index (χ1n) is 3.14. The average Bonchev–Trinajstić information content (AvgIpc) is 1.90. The lowest BCUT2D eigenvalue weighted by Gasteiger charge is -2.18. The Bertz CT molecular complexity index is 64.1. The molecule has 2 atom stereocenters. The second-order valence-corrected chi connectivity index (χ2v) is 1.93. The van der Waals surface area contributed by atoms with E-state index in [1.807, 2.05) is 6.92 Å². The first-order chi connectivity index (χ1) is 4.26. The predicted molar refractivity (Wildman–Crippen MR) is 36.2 cm³/mol. The summed E-state index contributed by atoms with van der Waals surface area (Å²) in [7, 11) is 3.29. The smallest absolute Gasteiger partial charge is 0.169 e. The molecule has 0 heterocycles. The Labute approximate surface area is 56.0 Å². The largest absolute Gasteiger partial charge is 0.367 e. The molecule has 0 radical (unpaired) electrons. The molecule has 0 aliphatic heterocycles. The highest BCUT2D eigenvalue weighted by molar-refractivity contribution is 4.63. The van der Waals surface area contributed by atoms with Gasteiger partial charge in [0, 0.05) is 7.11 Å². The molecule has 3 nitrogen and oxygen atoms in total. The minimum atomic E-state index is -0.681. The molecule has 3 heteroatoms. The maximum absolute atomic E-state index is 9.03. The molecular formula is C6H15NO2. The standard InChI is InChI=1S/C6H15NO2/c1-4-5(7-2)6(8)9-3/h5-8H,4H2,1-3H3/t5-,6+/m0/s1. The van der Waals surface area contributed by atoms with Crippen molar-refractivity contribution in [2.45, 2.75) is 25.7 Å². The normalized spacial score (nSPS) is 17.3. The first kappa shape index (κ1) is 8.88. The van der Waals surface area contributed by atoms with E-state index in [1.54, 1.807) is 7.05 Å². The molecule has 0 aromatic carbocycles. The summed E-state index contributed by atoms with van der Waals surface area (Å²) in [6.07, 6.45) is 0.186. The Balaban J connectivity index is 3.50.